The topological polar surface area (TPSA) is 121 Å². The Kier molecular flexibility index (Phi) is 6.13. The van der Waals surface area contributed by atoms with E-state index in [-0.39, 0.29) is 17.9 Å². The molecule has 0 spiro atoms. The van der Waals surface area contributed by atoms with Crippen molar-refractivity contribution < 1.29 is 19.2 Å². The zero-order valence-electron chi connectivity index (χ0n) is 18.9. The number of amides is 1. The molecule has 0 saturated carbocycles. The summed E-state index contributed by atoms with van der Waals surface area (Å²) in [7, 11) is 0. The summed E-state index contributed by atoms with van der Waals surface area (Å²) in [6.45, 7) is 4.80. The monoisotopic (exact) mass is 461 g/mol. The summed E-state index contributed by atoms with van der Waals surface area (Å²) in [6, 6.07) is 15.9. The van der Waals surface area contributed by atoms with Gasteiger partial charge in [0.2, 0.25) is 0 Å². The maximum Gasteiger partial charge on any atom is 0.326 e. The lowest BCUT2D eigenvalue weighted by Gasteiger charge is -2.10. The third kappa shape index (κ3) is 4.38. The number of nitrogens with one attached hydrogen (secondary N) is 1. The van der Waals surface area contributed by atoms with E-state index in [1.54, 1.807) is 32.0 Å². The lowest BCUT2D eigenvalue weighted by molar-refractivity contribution is -0.384. The Morgan fingerprint density at radius 1 is 1.09 bits per heavy atom. The summed E-state index contributed by atoms with van der Waals surface area (Å²) >= 11 is 0. The molecule has 0 aliphatic carbocycles. The Hall–Kier alpha value is -4.47. The molecule has 174 valence electrons. The van der Waals surface area contributed by atoms with E-state index in [0.29, 0.717) is 17.1 Å². The molecule has 0 aliphatic rings. The molecule has 0 radical (unpaired) electrons. The van der Waals surface area contributed by atoms with E-state index in [1.807, 2.05) is 41.8 Å². The molecule has 0 saturated heterocycles. The van der Waals surface area contributed by atoms with Crippen LogP contribution in [0.2, 0.25) is 0 Å². The van der Waals surface area contributed by atoms with Gasteiger partial charge in [-0.2, -0.15) is 5.10 Å². The normalized spacial score (nSPS) is 10.9. The van der Waals surface area contributed by atoms with Crippen LogP contribution in [0.5, 0.6) is 0 Å². The van der Waals surface area contributed by atoms with Crippen LogP contribution in [-0.2, 0) is 20.9 Å². The highest BCUT2D eigenvalue weighted by molar-refractivity contribution is 5.94. The van der Waals surface area contributed by atoms with Gasteiger partial charge in [-0.15, -0.1) is 0 Å². The first kappa shape index (κ1) is 22.7. The van der Waals surface area contributed by atoms with E-state index >= 15 is 0 Å². The second-order valence-corrected chi connectivity index (χ2v) is 7.84. The highest BCUT2D eigenvalue weighted by atomic mass is 16.6. The molecule has 0 fully saturated rings. The number of fused-ring (bicyclic) bond motifs is 1. The summed E-state index contributed by atoms with van der Waals surface area (Å²) in [5.41, 5.74) is 3.41. The molecule has 1 amide bonds. The van der Waals surface area contributed by atoms with Crippen molar-refractivity contribution in [2.45, 2.75) is 27.3 Å². The average molecular weight is 461 g/mol. The minimum atomic E-state index is -0.538. The summed E-state index contributed by atoms with van der Waals surface area (Å²) in [6.07, 6.45) is 0. The predicted octanol–water partition coefficient (Wildman–Crippen LogP) is 3.84. The lowest BCUT2D eigenvalue weighted by Crippen LogP contribution is -2.23. The number of nitro benzene ring substituents is 1. The van der Waals surface area contributed by atoms with Crippen molar-refractivity contribution in [2.24, 2.45) is 0 Å². The highest BCUT2D eigenvalue weighted by Gasteiger charge is 2.21. The fourth-order valence-electron chi connectivity index (χ4n) is 3.91. The molecule has 34 heavy (non-hydrogen) atoms. The van der Waals surface area contributed by atoms with Gasteiger partial charge in [-0.05, 0) is 44.4 Å². The second-order valence-electron chi connectivity index (χ2n) is 7.84. The fraction of sp³-hybridized carbons (Fsp3) is 0.208. The molecule has 0 atom stereocenters. The number of para-hydroxylation sites is 3. The van der Waals surface area contributed by atoms with Gasteiger partial charge >= 0.3 is 5.97 Å². The van der Waals surface area contributed by atoms with Crippen molar-refractivity contribution in [3.05, 3.63) is 81.8 Å². The van der Waals surface area contributed by atoms with Crippen molar-refractivity contribution in [3.8, 4) is 5.69 Å². The van der Waals surface area contributed by atoms with Gasteiger partial charge in [0.25, 0.3) is 11.6 Å². The molecule has 2 heterocycles. The number of hydrogen-bond donors (Lipinski definition) is 1. The van der Waals surface area contributed by atoms with E-state index in [9.17, 15) is 19.7 Å². The molecule has 4 aromatic rings. The minimum Gasteiger partial charge on any atom is -0.454 e. The number of ether oxygens (including phenoxy) is 1. The zero-order chi connectivity index (χ0) is 24.4. The Morgan fingerprint density at radius 2 is 1.79 bits per heavy atom. The van der Waals surface area contributed by atoms with Crippen LogP contribution in [0.3, 0.4) is 0 Å². The number of carbonyl (C=O) groups excluding carboxylic acids is 2. The fourth-order valence-corrected chi connectivity index (χ4v) is 3.91. The lowest BCUT2D eigenvalue weighted by atomic mass is 10.2. The number of aryl methyl sites for hydroxylation is 2. The number of nitrogens with zero attached hydrogens (tertiary/aromatic N) is 4. The third-order valence-corrected chi connectivity index (χ3v) is 5.53. The summed E-state index contributed by atoms with van der Waals surface area (Å²) < 4.78 is 8.43. The second kappa shape index (κ2) is 9.18. The molecule has 10 heteroatoms. The number of hydrogen-bond acceptors (Lipinski definition) is 6. The van der Waals surface area contributed by atoms with Gasteiger partial charge in [0.1, 0.15) is 12.2 Å². The molecule has 2 aromatic heterocycles. The van der Waals surface area contributed by atoms with Crippen molar-refractivity contribution in [1.29, 1.82) is 0 Å². The molecule has 4 rings (SSSR count). The predicted molar refractivity (Wildman–Crippen MR) is 126 cm³/mol. The van der Waals surface area contributed by atoms with Gasteiger partial charge in [-0.25, -0.2) is 4.68 Å². The van der Waals surface area contributed by atoms with E-state index in [4.69, 9.17) is 4.74 Å². The van der Waals surface area contributed by atoms with Gasteiger partial charge < -0.3 is 14.6 Å². The number of aromatic nitrogens is 3. The Balaban J connectivity index is 1.43. The number of esters is 1. The number of nitro groups is 1. The van der Waals surface area contributed by atoms with E-state index in [2.05, 4.69) is 10.4 Å². The molecular formula is C24H23N5O5. The van der Waals surface area contributed by atoms with Crippen LogP contribution in [0.4, 0.5) is 11.4 Å². The highest BCUT2D eigenvalue weighted by Crippen LogP contribution is 2.28. The molecule has 0 unspecified atom stereocenters. The van der Waals surface area contributed by atoms with Gasteiger partial charge in [-0.1, -0.05) is 30.3 Å². The van der Waals surface area contributed by atoms with E-state index < -0.39 is 23.4 Å². The molecule has 0 aliphatic heterocycles. The third-order valence-electron chi connectivity index (χ3n) is 5.53. The van der Waals surface area contributed by atoms with Crippen LogP contribution in [0, 0.1) is 30.9 Å². The Labute approximate surface area is 194 Å². The number of carbonyl (C=O) groups is 2. The number of benzene rings is 2. The summed E-state index contributed by atoms with van der Waals surface area (Å²) in [5.74, 6) is -1.07. The Bertz CT molecular complexity index is 1420. The summed E-state index contributed by atoms with van der Waals surface area (Å²) in [4.78, 5) is 35.8. The maximum absolute atomic E-state index is 12.5. The largest absolute Gasteiger partial charge is 0.454 e. The van der Waals surface area contributed by atoms with Crippen LogP contribution >= 0.6 is 0 Å². The van der Waals surface area contributed by atoms with Gasteiger partial charge in [0.05, 0.1) is 22.0 Å². The first-order valence-corrected chi connectivity index (χ1v) is 10.6. The summed E-state index contributed by atoms with van der Waals surface area (Å²) in [5, 5.41) is 19.4. The molecular weight excluding hydrogens is 438 g/mol. The van der Waals surface area contributed by atoms with Crippen LogP contribution in [0.1, 0.15) is 17.1 Å². The van der Waals surface area contributed by atoms with E-state index in [0.717, 1.165) is 16.6 Å². The van der Waals surface area contributed by atoms with E-state index in [1.165, 1.54) is 10.7 Å². The van der Waals surface area contributed by atoms with Gasteiger partial charge in [-0.3, -0.25) is 19.7 Å². The quantitative estimate of drug-likeness (QED) is 0.254. The molecule has 0 bridgehead atoms. The number of rotatable bonds is 7. The van der Waals surface area contributed by atoms with Crippen molar-refractivity contribution >= 4 is 34.2 Å². The molecule has 10 nitrogen and oxygen atoms in total. The molecule has 1 N–H and O–H groups in total. The van der Waals surface area contributed by atoms with Crippen LogP contribution < -0.4 is 5.32 Å². The van der Waals surface area contributed by atoms with Crippen molar-refractivity contribution in [3.63, 3.8) is 0 Å². The minimum absolute atomic E-state index is 0.0136. The first-order valence-electron chi connectivity index (χ1n) is 10.6. The molecule has 2 aromatic carbocycles. The van der Waals surface area contributed by atoms with Crippen LogP contribution in [-0.4, -0.2) is 37.8 Å². The van der Waals surface area contributed by atoms with Gasteiger partial charge in [0, 0.05) is 17.3 Å². The smallest absolute Gasteiger partial charge is 0.326 e. The van der Waals surface area contributed by atoms with Crippen LogP contribution in [0.15, 0.2) is 54.6 Å². The first-order chi connectivity index (χ1) is 16.3. The maximum atomic E-state index is 12.5. The standard InChI is InChI=1S/C24H23N5O5/c1-15-12-18-8-4-5-9-19(18)27(15)13-23(31)34-14-22(30)25-24-16(2)26-28(17(24)3)20-10-6-7-11-21(20)29(32)33/h4-12H,13-14H2,1-3H3,(H,25,30). The van der Waals surface area contributed by atoms with Crippen LogP contribution in [0.25, 0.3) is 16.6 Å². The average Bonchev–Trinajstić information content (AvgIpc) is 3.28. The number of anilines is 1. The van der Waals surface area contributed by atoms with Gasteiger partial charge in [0.15, 0.2) is 6.61 Å². The zero-order valence-corrected chi connectivity index (χ0v) is 18.9. The SMILES string of the molecule is Cc1nn(-c2ccccc2[N+](=O)[O-])c(C)c1NC(=O)COC(=O)Cn1c(C)cc2ccccc21. The van der Waals surface area contributed by atoms with Crippen molar-refractivity contribution in [2.75, 3.05) is 11.9 Å². The van der Waals surface area contributed by atoms with Crippen molar-refractivity contribution in [1.82, 2.24) is 14.3 Å². The Morgan fingerprint density at radius 3 is 2.56 bits per heavy atom.